The highest BCUT2D eigenvalue weighted by Crippen LogP contribution is 2.44. The Balaban J connectivity index is 1.81. The van der Waals surface area contributed by atoms with E-state index in [0.29, 0.717) is 12.8 Å². The number of carbonyl (C=O) groups is 2. The molecule has 2 fully saturated rings. The fraction of sp³-hybridized carbons (Fsp3) is 0.467. The lowest BCUT2D eigenvalue weighted by Crippen LogP contribution is -2.41. The number of halogens is 1. The second-order valence-electron chi connectivity index (χ2n) is 5.65. The molecule has 0 unspecified atom stereocenters. The van der Waals surface area contributed by atoms with Crippen molar-refractivity contribution in [2.24, 2.45) is 11.8 Å². The van der Waals surface area contributed by atoms with Gasteiger partial charge < -0.3 is 15.2 Å². The summed E-state index contributed by atoms with van der Waals surface area (Å²) < 4.78 is 19.2. The summed E-state index contributed by atoms with van der Waals surface area (Å²) in [7, 11) is 0. The number of hydrogen-bond donors (Lipinski definition) is 2. The van der Waals surface area contributed by atoms with Gasteiger partial charge in [-0.1, -0.05) is 6.07 Å². The second-order valence-corrected chi connectivity index (χ2v) is 5.65. The lowest BCUT2D eigenvalue weighted by atomic mass is 9.78. The summed E-state index contributed by atoms with van der Waals surface area (Å²) >= 11 is 0. The van der Waals surface area contributed by atoms with E-state index in [9.17, 15) is 19.1 Å². The zero-order chi connectivity index (χ0) is 15.1. The van der Waals surface area contributed by atoms with Crippen molar-refractivity contribution >= 4 is 17.6 Å². The molecule has 0 saturated carbocycles. The summed E-state index contributed by atoms with van der Waals surface area (Å²) in [5, 5.41) is 11.8. The van der Waals surface area contributed by atoms with Crippen molar-refractivity contribution in [3.8, 4) is 0 Å². The number of fused-ring (bicyclic) bond motifs is 2. The van der Waals surface area contributed by atoms with Crippen molar-refractivity contribution in [3.05, 3.63) is 29.6 Å². The van der Waals surface area contributed by atoms with Crippen LogP contribution < -0.4 is 5.32 Å². The third kappa shape index (κ3) is 2.40. The predicted octanol–water partition coefficient (Wildman–Crippen LogP) is 1.95. The normalized spacial score (nSPS) is 30.4. The van der Waals surface area contributed by atoms with E-state index in [0.717, 1.165) is 5.56 Å². The van der Waals surface area contributed by atoms with Gasteiger partial charge in [-0.15, -0.1) is 0 Å². The van der Waals surface area contributed by atoms with E-state index in [2.05, 4.69) is 5.32 Å². The molecule has 3 rings (SSSR count). The quantitative estimate of drug-likeness (QED) is 0.893. The minimum Gasteiger partial charge on any atom is -0.481 e. The van der Waals surface area contributed by atoms with Gasteiger partial charge in [0.05, 0.1) is 29.7 Å². The first kappa shape index (κ1) is 14.0. The Kier molecular flexibility index (Phi) is 3.41. The molecule has 2 aliphatic heterocycles. The monoisotopic (exact) mass is 293 g/mol. The van der Waals surface area contributed by atoms with E-state index in [-0.39, 0.29) is 11.8 Å². The van der Waals surface area contributed by atoms with Gasteiger partial charge in [-0.25, -0.2) is 4.39 Å². The SMILES string of the molecule is Cc1ccc(F)c(NC(=O)[C@H]2[C@@H](C(=O)O)[C@@H]3CC[C@@H]2O3)c1. The van der Waals surface area contributed by atoms with Gasteiger partial charge in [-0.05, 0) is 37.5 Å². The Bertz CT molecular complexity index is 603. The van der Waals surface area contributed by atoms with Gasteiger partial charge >= 0.3 is 5.97 Å². The molecule has 2 saturated heterocycles. The van der Waals surface area contributed by atoms with Crippen molar-refractivity contribution in [1.82, 2.24) is 0 Å². The summed E-state index contributed by atoms with van der Waals surface area (Å²) in [5.74, 6) is -3.67. The first-order valence-electron chi connectivity index (χ1n) is 6.92. The third-order valence-corrected chi connectivity index (χ3v) is 4.24. The fourth-order valence-corrected chi connectivity index (χ4v) is 3.28. The highest BCUT2D eigenvalue weighted by Gasteiger charge is 2.55. The molecule has 2 bridgehead atoms. The van der Waals surface area contributed by atoms with Crippen molar-refractivity contribution in [3.63, 3.8) is 0 Å². The summed E-state index contributed by atoms with van der Waals surface area (Å²) in [5.41, 5.74) is 0.887. The number of carboxylic acids is 1. The molecule has 0 aliphatic carbocycles. The van der Waals surface area contributed by atoms with E-state index in [4.69, 9.17) is 4.74 Å². The zero-order valence-electron chi connectivity index (χ0n) is 11.5. The summed E-state index contributed by atoms with van der Waals surface area (Å²) in [6, 6.07) is 4.40. The first-order chi connectivity index (χ1) is 9.97. The molecule has 6 heteroatoms. The molecule has 2 aliphatic rings. The van der Waals surface area contributed by atoms with Crippen LogP contribution in [0, 0.1) is 24.6 Å². The molecule has 112 valence electrons. The number of amides is 1. The molecular formula is C15H16FNO4. The molecular weight excluding hydrogens is 277 g/mol. The van der Waals surface area contributed by atoms with Gasteiger partial charge in [0.15, 0.2) is 0 Å². The maximum Gasteiger partial charge on any atom is 0.310 e. The molecule has 0 radical (unpaired) electrons. The van der Waals surface area contributed by atoms with Gasteiger partial charge in [0.2, 0.25) is 5.91 Å². The van der Waals surface area contributed by atoms with E-state index in [1.165, 1.54) is 12.1 Å². The number of ether oxygens (including phenoxy) is 1. The molecule has 2 N–H and O–H groups in total. The summed E-state index contributed by atoms with van der Waals surface area (Å²) in [4.78, 5) is 23.7. The number of benzene rings is 1. The summed E-state index contributed by atoms with van der Waals surface area (Å²) in [6.45, 7) is 1.79. The van der Waals surface area contributed by atoms with E-state index < -0.39 is 35.6 Å². The smallest absolute Gasteiger partial charge is 0.310 e. The topological polar surface area (TPSA) is 75.6 Å². The van der Waals surface area contributed by atoms with Gasteiger partial charge in [0.25, 0.3) is 0 Å². The lowest BCUT2D eigenvalue weighted by molar-refractivity contribution is -0.147. The molecule has 4 atom stereocenters. The Morgan fingerprint density at radius 1 is 1.29 bits per heavy atom. The first-order valence-corrected chi connectivity index (χ1v) is 6.92. The molecule has 0 spiro atoms. The molecule has 1 aromatic carbocycles. The van der Waals surface area contributed by atoms with Crippen molar-refractivity contribution in [2.75, 3.05) is 5.32 Å². The Labute approximate surface area is 121 Å². The van der Waals surface area contributed by atoms with E-state index in [1.807, 2.05) is 0 Å². The molecule has 1 aromatic rings. The van der Waals surface area contributed by atoms with Crippen molar-refractivity contribution in [1.29, 1.82) is 0 Å². The van der Waals surface area contributed by atoms with Crippen LogP contribution in [0.3, 0.4) is 0 Å². The van der Waals surface area contributed by atoms with Crippen LogP contribution in [0.4, 0.5) is 10.1 Å². The number of nitrogens with one attached hydrogen (secondary N) is 1. The van der Waals surface area contributed by atoms with Crippen LogP contribution in [0.25, 0.3) is 0 Å². The number of carboxylic acid groups (broad SMARTS) is 1. The molecule has 2 heterocycles. The van der Waals surface area contributed by atoms with E-state index in [1.54, 1.807) is 13.0 Å². The van der Waals surface area contributed by atoms with Crippen LogP contribution >= 0.6 is 0 Å². The third-order valence-electron chi connectivity index (χ3n) is 4.24. The average Bonchev–Trinajstić information content (AvgIpc) is 3.03. The van der Waals surface area contributed by atoms with Crippen molar-refractivity contribution in [2.45, 2.75) is 32.0 Å². The van der Waals surface area contributed by atoms with Gasteiger partial charge in [-0.2, -0.15) is 0 Å². The van der Waals surface area contributed by atoms with Crippen LogP contribution in [0.2, 0.25) is 0 Å². The molecule has 5 nitrogen and oxygen atoms in total. The average molecular weight is 293 g/mol. The number of aliphatic carboxylic acids is 1. The number of hydrogen-bond acceptors (Lipinski definition) is 3. The molecule has 21 heavy (non-hydrogen) atoms. The summed E-state index contributed by atoms with van der Waals surface area (Å²) in [6.07, 6.45) is 0.530. The Morgan fingerprint density at radius 2 is 1.95 bits per heavy atom. The standard InChI is InChI=1S/C15H16FNO4/c1-7-2-3-8(16)9(6-7)17-14(18)12-10-4-5-11(21-10)13(12)15(19)20/h2-3,6,10-13H,4-5H2,1H3,(H,17,18)(H,19,20)/t10-,11-,12+,13-/m0/s1. The van der Waals surface area contributed by atoms with E-state index >= 15 is 0 Å². The van der Waals surface area contributed by atoms with Crippen LogP contribution in [0.1, 0.15) is 18.4 Å². The van der Waals surface area contributed by atoms with Gasteiger partial charge in [0, 0.05) is 0 Å². The maximum absolute atomic E-state index is 13.7. The number of rotatable bonds is 3. The van der Waals surface area contributed by atoms with Crippen molar-refractivity contribution < 1.29 is 23.8 Å². The molecule has 1 amide bonds. The number of carbonyl (C=O) groups excluding carboxylic acids is 1. The van der Waals surface area contributed by atoms with Gasteiger partial charge in [-0.3, -0.25) is 9.59 Å². The fourth-order valence-electron chi connectivity index (χ4n) is 3.28. The Morgan fingerprint density at radius 3 is 2.62 bits per heavy atom. The van der Waals surface area contributed by atoms with Crippen LogP contribution in [0.15, 0.2) is 18.2 Å². The highest BCUT2D eigenvalue weighted by atomic mass is 19.1. The van der Waals surface area contributed by atoms with Crippen LogP contribution in [-0.4, -0.2) is 29.2 Å². The molecule has 0 aromatic heterocycles. The zero-order valence-corrected chi connectivity index (χ0v) is 11.5. The highest BCUT2D eigenvalue weighted by molar-refractivity contribution is 5.96. The maximum atomic E-state index is 13.7. The minimum absolute atomic E-state index is 0.0758. The largest absolute Gasteiger partial charge is 0.481 e. The predicted molar refractivity (Wildman–Crippen MR) is 72.3 cm³/mol. The van der Waals surface area contributed by atoms with Crippen LogP contribution in [0.5, 0.6) is 0 Å². The number of aryl methyl sites for hydroxylation is 1. The Hall–Kier alpha value is -1.95. The number of anilines is 1. The second kappa shape index (κ2) is 5.11. The minimum atomic E-state index is -1.04. The van der Waals surface area contributed by atoms with Crippen LogP contribution in [-0.2, 0) is 14.3 Å². The van der Waals surface area contributed by atoms with Gasteiger partial charge in [0.1, 0.15) is 5.82 Å². The lowest BCUT2D eigenvalue weighted by Gasteiger charge is -2.24.